The number of hydrogen-bond acceptors (Lipinski definition) is 12. The molecule has 8 aromatic carbocycles. The predicted octanol–water partition coefficient (Wildman–Crippen LogP) is 10.7. The van der Waals surface area contributed by atoms with Crippen LogP contribution in [0.1, 0.15) is 103 Å². The van der Waals surface area contributed by atoms with Crippen molar-refractivity contribution in [3.05, 3.63) is 212 Å². The molecule has 2 aliphatic heterocycles. The van der Waals surface area contributed by atoms with Crippen molar-refractivity contribution >= 4 is 12.2 Å². The van der Waals surface area contributed by atoms with Crippen molar-refractivity contribution in [2.75, 3.05) is 0 Å². The standard InChI is InChI=1S/C56H42O12/c57-33-10-4-28(5-11-33)48-50(40-16-18-44(65)56-52(40)53(42-24-39(63)25-45(66)51(42)48)55(68-56)30-8-14-35(59)15-9-30)41-19-27(2-17-43(41)64)1-3-31-20-38(62)26-46-47(31)49(32-21-36(60)23-37(61)22-32)54(67-46)29-6-12-34(58)13-7-29/h1-26,48-50,53-55,57-66H/b3-1+/t48-,49+,50+,53+,54-,55-/m1/s1. The van der Waals surface area contributed by atoms with Gasteiger partial charge in [-0.15, -0.1) is 0 Å². The summed E-state index contributed by atoms with van der Waals surface area (Å²) in [5, 5.41) is 110. The highest BCUT2D eigenvalue weighted by Crippen LogP contribution is 2.64. The van der Waals surface area contributed by atoms with E-state index in [1.54, 1.807) is 84.9 Å². The Bertz CT molecular complexity index is 3310. The molecule has 8 aromatic rings. The van der Waals surface area contributed by atoms with E-state index in [9.17, 15) is 51.1 Å². The van der Waals surface area contributed by atoms with E-state index in [-0.39, 0.29) is 63.2 Å². The molecule has 11 rings (SSSR count). The van der Waals surface area contributed by atoms with Gasteiger partial charge in [-0.05, 0) is 123 Å². The molecule has 0 aromatic heterocycles. The average Bonchev–Trinajstić information content (AvgIpc) is 3.86. The molecule has 68 heavy (non-hydrogen) atoms. The Morgan fingerprint density at radius 3 is 1.54 bits per heavy atom. The Hall–Kier alpha value is -8.90. The lowest BCUT2D eigenvalue weighted by Crippen LogP contribution is -2.16. The maximum Gasteiger partial charge on any atom is 0.166 e. The smallest absolute Gasteiger partial charge is 0.166 e. The number of fused-ring (bicyclic) bond motifs is 3. The second kappa shape index (κ2) is 15.9. The van der Waals surface area contributed by atoms with Gasteiger partial charge in [-0.25, -0.2) is 0 Å². The van der Waals surface area contributed by atoms with E-state index in [1.165, 1.54) is 60.7 Å². The zero-order valence-electron chi connectivity index (χ0n) is 35.8. The van der Waals surface area contributed by atoms with Gasteiger partial charge in [0, 0.05) is 52.3 Å². The average molecular weight is 907 g/mol. The number of benzene rings is 8. The number of ether oxygens (including phenoxy) is 2. The van der Waals surface area contributed by atoms with Crippen LogP contribution in [0.3, 0.4) is 0 Å². The summed E-state index contributed by atoms with van der Waals surface area (Å²) in [5.41, 5.74) is 6.93. The second-order valence-corrected chi connectivity index (χ2v) is 17.5. The van der Waals surface area contributed by atoms with Gasteiger partial charge in [-0.3, -0.25) is 0 Å². The lowest BCUT2D eigenvalue weighted by Gasteiger charge is -2.31. The van der Waals surface area contributed by atoms with Gasteiger partial charge in [-0.2, -0.15) is 0 Å². The lowest BCUT2D eigenvalue weighted by molar-refractivity contribution is 0.214. The molecular weight excluding hydrogens is 865 g/mol. The van der Waals surface area contributed by atoms with Crippen LogP contribution in [0.15, 0.2) is 146 Å². The van der Waals surface area contributed by atoms with Gasteiger partial charge in [0.15, 0.2) is 11.5 Å². The van der Waals surface area contributed by atoms with Crippen molar-refractivity contribution in [3.8, 4) is 69.0 Å². The summed E-state index contributed by atoms with van der Waals surface area (Å²) in [6, 6.07) is 38.2. The minimum Gasteiger partial charge on any atom is -0.508 e. The predicted molar refractivity (Wildman–Crippen MR) is 251 cm³/mol. The van der Waals surface area contributed by atoms with Crippen LogP contribution in [-0.4, -0.2) is 51.1 Å². The van der Waals surface area contributed by atoms with Gasteiger partial charge in [0.2, 0.25) is 0 Å². The summed E-state index contributed by atoms with van der Waals surface area (Å²) in [5.74, 6) is -3.31. The number of aromatic hydroxyl groups is 10. The Labute approximate surface area is 388 Å². The Balaban J connectivity index is 1.09. The molecule has 0 saturated carbocycles. The maximum absolute atomic E-state index is 12.1. The first-order valence-electron chi connectivity index (χ1n) is 21.8. The zero-order valence-corrected chi connectivity index (χ0v) is 35.8. The van der Waals surface area contributed by atoms with E-state index >= 15 is 0 Å². The molecule has 0 saturated heterocycles. The third-order valence-electron chi connectivity index (χ3n) is 13.4. The minimum atomic E-state index is -0.809. The summed E-state index contributed by atoms with van der Waals surface area (Å²) in [6.45, 7) is 0. The number of phenols is 10. The van der Waals surface area contributed by atoms with Crippen LogP contribution in [0.5, 0.6) is 69.0 Å². The SMILES string of the molecule is Oc1ccc([C@H]2c3c(O)cc(O)cc3[C@H]3c4c(ccc(O)c4O[C@@H]3c3ccc(O)cc3)[C@H]2c2cc(/C=C/c3cc(O)cc4c3[C@H](c3cc(O)cc(O)c3)[C@@H](c3ccc(O)cc3)O4)ccc2O)cc1. The van der Waals surface area contributed by atoms with Crippen LogP contribution < -0.4 is 9.47 Å². The van der Waals surface area contributed by atoms with Crippen LogP contribution in [0, 0.1) is 0 Å². The third kappa shape index (κ3) is 7.01. The first kappa shape index (κ1) is 41.8. The van der Waals surface area contributed by atoms with E-state index in [4.69, 9.17) is 9.47 Å². The first-order chi connectivity index (χ1) is 32.8. The van der Waals surface area contributed by atoms with E-state index in [0.717, 1.165) is 0 Å². The first-order valence-corrected chi connectivity index (χ1v) is 21.8. The summed E-state index contributed by atoms with van der Waals surface area (Å²) in [4.78, 5) is 0. The third-order valence-corrected chi connectivity index (χ3v) is 13.4. The zero-order chi connectivity index (χ0) is 47.1. The van der Waals surface area contributed by atoms with Crippen LogP contribution >= 0.6 is 0 Å². The Morgan fingerprint density at radius 1 is 0.324 bits per heavy atom. The molecular formula is C56H42O12. The molecule has 6 atom stereocenters. The van der Waals surface area contributed by atoms with Gasteiger partial charge in [0.05, 0.1) is 11.8 Å². The molecule has 0 amide bonds. The monoisotopic (exact) mass is 906 g/mol. The molecule has 0 fully saturated rings. The van der Waals surface area contributed by atoms with Gasteiger partial charge in [0.25, 0.3) is 0 Å². The van der Waals surface area contributed by atoms with Crippen LogP contribution in [0.4, 0.5) is 0 Å². The van der Waals surface area contributed by atoms with Gasteiger partial charge < -0.3 is 60.5 Å². The van der Waals surface area contributed by atoms with Crippen LogP contribution in [0.2, 0.25) is 0 Å². The minimum absolute atomic E-state index is 0.0118. The highest BCUT2D eigenvalue weighted by Gasteiger charge is 2.49. The van der Waals surface area contributed by atoms with E-state index in [0.29, 0.717) is 72.5 Å². The Kier molecular flexibility index (Phi) is 9.78. The molecule has 0 bridgehead atoms. The van der Waals surface area contributed by atoms with Crippen molar-refractivity contribution < 1.29 is 60.5 Å². The fourth-order valence-electron chi connectivity index (χ4n) is 10.6. The molecule has 12 nitrogen and oxygen atoms in total. The van der Waals surface area contributed by atoms with Crippen molar-refractivity contribution in [1.82, 2.24) is 0 Å². The fraction of sp³-hybridized carbons (Fsp3) is 0.107. The van der Waals surface area contributed by atoms with E-state index in [1.807, 2.05) is 12.1 Å². The highest BCUT2D eigenvalue weighted by molar-refractivity contribution is 5.77. The van der Waals surface area contributed by atoms with Gasteiger partial charge in [-0.1, -0.05) is 60.7 Å². The molecule has 2 heterocycles. The molecule has 0 unspecified atom stereocenters. The molecule has 0 spiro atoms. The highest BCUT2D eigenvalue weighted by atomic mass is 16.5. The fourth-order valence-corrected chi connectivity index (χ4v) is 10.6. The molecule has 3 aliphatic rings. The maximum atomic E-state index is 12.1. The van der Waals surface area contributed by atoms with Gasteiger partial charge in [0.1, 0.15) is 69.7 Å². The summed E-state index contributed by atoms with van der Waals surface area (Å²) < 4.78 is 13.2. The molecule has 10 N–H and O–H groups in total. The normalized spacial score (nSPS) is 19.9. The topological polar surface area (TPSA) is 221 Å². The van der Waals surface area contributed by atoms with E-state index in [2.05, 4.69) is 0 Å². The Morgan fingerprint density at radius 2 is 0.897 bits per heavy atom. The molecule has 0 radical (unpaired) electrons. The van der Waals surface area contributed by atoms with Crippen molar-refractivity contribution in [2.24, 2.45) is 0 Å². The van der Waals surface area contributed by atoms with Crippen molar-refractivity contribution in [2.45, 2.75) is 35.9 Å². The van der Waals surface area contributed by atoms with Crippen LogP contribution in [-0.2, 0) is 0 Å². The molecule has 338 valence electrons. The molecule has 1 aliphatic carbocycles. The van der Waals surface area contributed by atoms with Crippen molar-refractivity contribution in [1.29, 1.82) is 0 Å². The van der Waals surface area contributed by atoms with Crippen LogP contribution in [0.25, 0.3) is 12.2 Å². The lowest BCUT2D eigenvalue weighted by atomic mass is 9.73. The summed E-state index contributed by atoms with van der Waals surface area (Å²) in [7, 11) is 0. The van der Waals surface area contributed by atoms with Crippen molar-refractivity contribution in [3.63, 3.8) is 0 Å². The largest absolute Gasteiger partial charge is 0.508 e. The molecule has 12 heteroatoms. The quantitative estimate of drug-likeness (QED) is 0.0675. The second-order valence-electron chi connectivity index (χ2n) is 17.5. The summed E-state index contributed by atoms with van der Waals surface area (Å²) in [6.07, 6.45) is 2.12. The number of rotatable bonds is 7. The number of phenolic OH excluding ortho intramolecular Hbond substituents is 10. The number of hydrogen-bond donors (Lipinski definition) is 10. The summed E-state index contributed by atoms with van der Waals surface area (Å²) >= 11 is 0. The van der Waals surface area contributed by atoms with Gasteiger partial charge >= 0.3 is 0 Å². The van der Waals surface area contributed by atoms with E-state index < -0.39 is 35.9 Å².